The highest BCUT2D eigenvalue weighted by atomic mass is 35.7. The summed E-state index contributed by atoms with van der Waals surface area (Å²) in [6, 6.07) is 23.1. The van der Waals surface area contributed by atoms with Crippen LogP contribution in [0.2, 0.25) is 0 Å². The molecule has 7 heteroatoms. The van der Waals surface area contributed by atoms with E-state index in [0.717, 1.165) is 21.9 Å². The van der Waals surface area contributed by atoms with E-state index in [-0.39, 0.29) is 24.8 Å². The second-order valence-corrected chi connectivity index (χ2v) is 9.68. The van der Waals surface area contributed by atoms with Crippen molar-refractivity contribution in [3.63, 3.8) is 0 Å². The average molecular weight is 432 g/mol. The molecule has 3 aromatic rings. The number of alkyl carbamates (subject to hydrolysis) is 1. The second-order valence-electron chi connectivity index (χ2n) is 6.86. The molecule has 152 valence electrons. The number of nitrogens with one attached hydrogen (secondary N) is 1. The highest BCUT2D eigenvalue weighted by Gasteiger charge is 2.20. The Hall–Kier alpha value is -2.57. The Morgan fingerprint density at radius 3 is 2.41 bits per heavy atom. The quantitative estimate of drug-likeness (QED) is 0.533. The van der Waals surface area contributed by atoms with Gasteiger partial charge in [0.1, 0.15) is 6.61 Å². The average Bonchev–Trinajstić information content (AvgIpc) is 2.70. The SMILES string of the molecule is O=C(NCC(Cc1cccc2ccccc12)CS(=O)(=O)Cl)OCc1ccccc1. The van der Waals surface area contributed by atoms with Crippen LogP contribution < -0.4 is 5.32 Å². The summed E-state index contributed by atoms with van der Waals surface area (Å²) in [4.78, 5) is 12.0. The topological polar surface area (TPSA) is 72.5 Å². The maximum Gasteiger partial charge on any atom is 0.407 e. The molecule has 1 unspecified atom stereocenters. The minimum Gasteiger partial charge on any atom is -0.445 e. The Morgan fingerprint density at radius 1 is 0.966 bits per heavy atom. The van der Waals surface area contributed by atoms with E-state index in [0.29, 0.717) is 6.42 Å². The number of rotatable bonds is 8. The van der Waals surface area contributed by atoms with Crippen molar-refractivity contribution in [2.45, 2.75) is 13.0 Å². The minimum atomic E-state index is -3.72. The van der Waals surface area contributed by atoms with Crippen LogP contribution in [0.3, 0.4) is 0 Å². The van der Waals surface area contributed by atoms with Gasteiger partial charge in [-0.15, -0.1) is 0 Å². The van der Waals surface area contributed by atoms with Gasteiger partial charge in [0.05, 0.1) is 5.75 Å². The van der Waals surface area contributed by atoms with Gasteiger partial charge in [-0.1, -0.05) is 72.8 Å². The fourth-order valence-electron chi connectivity index (χ4n) is 3.25. The highest BCUT2D eigenvalue weighted by molar-refractivity contribution is 8.13. The molecular formula is C22H22ClNO4S. The highest BCUT2D eigenvalue weighted by Crippen LogP contribution is 2.22. The molecule has 29 heavy (non-hydrogen) atoms. The fourth-order valence-corrected chi connectivity index (χ4v) is 4.59. The monoisotopic (exact) mass is 431 g/mol. The summed E-state index contributed by atoms with van der Waals surface area (Å²) in [6.45, 7) is 0.289. The smallest absolute Gasteiger partial charge is 0.407 e. The van der Waals surface area contributed by atoms with Crippen molar-refractivity contribution < 1.29 is 17.9 Å². The van der Waals surface area contributed by atoms with Gasteiger partial charge >= 0.3 is 6.09 Å². The van der Waals surface area contributed by atoms with Crippen molar-refractivity contribution in [3.05, 3.63) is 83.9 Å². The van der Waals surface area contributed by atoms with E-state index in [9.17, 15) is 13.2 Å². The number of amides is 1. The summed E-state index contributed by atoms with van der Waals surface area (Å²) in [7, 11) is 1.78. The first-order chi connectivity index (χ1) is 13.9. The molecule has 0 aliphatic carbocycles. The molecule has 0 fully saturated rings. The summed E-state index contributed by atoms with van der Waals surface area (Å²) in [5.74, 6) is -0.621. The van der Waals surface area contributed by atoms with E-state index in [1.165, 1.54) is 0 Å². The Kier molecular flexibility index (Phi) is 7.12. The van der Waals surface area contributed by atoms with Gasteiger partial charge in [0.2, 0.25) is 9.05 Å². The van der Waals surface area contributed by atoms with Crippen molar-refractivity contribution in [3.8, 4) is 0 Å². The first kappa shape index (κ1) is 21.1. The van der Waals surface area contributed by atoms with Crippen LogP contribution in [0.25, 0.3) is 10.8 Å². The van der Waals surface area contributed by atoms with Crippen LogP contribution in [0.4, 0.5) is 4.79 Å². The summed E-state index contributed by atoms with van der Waals surface area (Å²) in [5, 5.41) is 4.79. The third-order valence-corrected chi connectivity index (χ3v) is 5.82. The van der Waals surface area contributed by atoms with Gasteiger partial charge in [-0.25, -0.2) is 13.2 Å². The van der Waals surface area contributed by atoms with Gasteiger partial charge in [0.25, 0.3) is 0 Å². The van der Waals surface area contributed by atoms with Crippen molar-refractivity contribution >= 4 is 36.6 Å². The van der Waals surface area contributed by atoms with Gasteiger partial charge in [-0.3, -0.25) is 0 Å². The lowest BCUT2D eigenvalue weighted by atomic mass is 9.96. The van der Waals surface area contributed by atoms with Gasteiger partial charge in [0.15, 0.2) is 0 Å². The summed E-state index contributed by atoms with van der Waals surface area (Å²) in [5.41, 5.74) is 1.88. The van der Waals surface area contributed by atoms with E-state index < -0.39 is 15.1 Å². The lowest BCUT2D eigenvalue weighted by Crippen LogP contribution is -2.33. The molecular weight excluding hydrogens is 410 g/mol. The van der Waals surface area contributed by atoms with E-state index in [1.54, 1.807) is 0 Å². The largest absolute Gasteiger partial charge is 0.445 e. The molecule has 0 saturated carbocycles. The molecule has 5 nitrogen and oxygen atoms in total. The molecule has 0 aliphatic rings. The van der Waals surface area contributed by atoms with Crippen molar-refractivity contribution in [1.82, 2.24) is 5.32 Å². The lowest BCUT2D eigenvalue weighted by molar-refractivity contribution is 0.138. The Labute approximate surface area is 175 Å². The minimum absolute atomic E-state index is 0.142. The molecule has 0 radical (unpaired) electrons. The molecule has 0 bridgehead atoms. The van der Waals surface area contributed by atoms with E-state index in [2.05, 4.69) is 5.32 Å². The molecule has 0 saturated heterocycles. The zero-order chi connectivity index (χ0) is 20.7. The number of hydrogen-bond donors (Lipinski definition) is 1. The predicted molar refractivity (Wildman–Crippen MR) is 115 cm³/mol. The Bertz CT molecular complexity index is 1070. The fraction of sp³-hybridized carbons (Fsp3) is 0.227. The van der Waals surface area contributed by atoms with Crippen molar-refractivity contribution in [2.24, 2.45) is 5.92 Å². The standard InChI is InChI=1S/C22H22ClNO4S/c23-29(26,27)16-18(13-20-11-6-10-19-9-4-5-12-21(19)20)14-24-22(25)28-15-17-7-2-1-3-8-17/h1-12,18H,13-16H2,(H,24,25). The molecule has 0 aliphatic heterocycles. The number of halogens is 1. The van der Waals surface area contributed by atoms with Gasteiger partial charge < -0.3 is 10.1 Å². The first-order valence-electron chi connectivity index (χ1n) is 9.24. The van der Waals surface area contributed by atoms with Crippen LogP contribution in [0.1, 0.15) is 11.1 Å². The maximum atomic E-state index is 12.0. The van der Waals surface area contributed by atoms with Crippen LogP contribution >= 0.6 is 10.7 Å². The van der Waals surface area contributed by atoms with Crippen LogP contribution in [-0.4, -0.2) is 26.8 Å². The molecule has 1 amide bonds. The van der Waals surface area contributed by atoms with E-state index >= 15 is 0 Å². The van der Waals surface area contributed by atoms with Gasteiger partial charge in [0, 0.05) is 17.2 Å². The maximum absolute atomic E-state index is 12.0. The summed E-state index contributed by atoms with van der Waals surface area (Å²) < 4.78 is 28.5. The van der Waals surface area contributed by atoms with Gasteiger partial charge in [-0.2, -0.15) is 0 Å². The third kappa shape index (κ3) is 6.76. The van der Waals surface area contributed by atoms with E-state index in [1.807, 2.05) is 72.8 Å². The number of ether oxygens (including phenoxy) is 1. The zero-order valence-corrected chi connectivity index (χ0v) is 17.3. The number of carbonyl (C=O) groups is 1. The second kappa shape index (κ2) is 9.76. The van der Waals surface area contributed by atoms with Gasteiger partial charge in [-0.05, 0) is 34.2 Å². The zero-order valence-electron chi connectivity index (χ0n) is 15.8. The number of hydrogen-bond acceptors (Lipinski definition) is 4. The summed E-state index contributed by atoms with van der Waals surface area (Å²) >= 11 is 0. The first-order valence-corrected chi connectivity index (χ1v) is 11.7. The molecule has 0 spiro atoms. The summed E-state index contributed by atoms with van der Waals surface area (Å²) in [6.07, 6.45) is -0.129. The van der Waals surface area contributed by atoms with Crippen molar-refractivity contribution in [2.75, 3.05) is 12.3 Å². The number of benzene rings is 3. The van der Waals surface area contributed by atoms with Crippen LogP contribution in [0.5, 0.6) is 0 Å². The Balaban J connectivity index is 1.65. The van der Waals surface area contributed by atoms with Crippen LogP contribution in [0.15, 0.2) is 72.8 Å². The number of carbonyl (C=O) groups excluding carboxylic acids is 1. The molecule has 3 rings (SSSR count). The van der Waals surface area contributed by atoms with Crippen molar-refractivity contribution in [1.29, 1.82) is 0 Å². The van der Waals surface area contributed by atoms with E-state index in [4.69, 9.17) is 15.4 Å². The molecule has 1 N–H and O–H groups in total. The third-order valence-electron chi connectivity index (χ3n) is 4.57. The molecule has 1 atom stereocenters. The molecule has 3 aromatic carbocycles. The predicted octanol–water partition coefficient (Wildman–Crippen LogP) is 4.49. The Morgan fingerprint density at radius 2 is 1.66 bits per heavy atom. The normalized spacial score (nSPS) is 12.4. The lowest BCUT2D eigenvalue weighted by Gasteiger charge is -2.17. The van der Waals surface area contributed by atoms with Crippen LogP contribution in [0, 0.1) is 5.92 Å². The number of fused-ring (bicyclic) bond motifs is 1. The molecule has 0 heterocycles. The molecule has 0 aromatic heterocycles. The van der Waals surface area contributed by atoms with Crippen LogP contribution in [-0.2, 0) is 26.8 Å².